The maximum Gasteiger partial charge on any atom is 0.421 e. The number of carbonyl (C=O) groups is 1. The molecule has 0 aliphatic carbocycles. The zero-order valence-corrected chi connectivity index (χ0v) is 9.95. The Labute approximate surface area is 106 Å². The normalized spacial score (nSPS) is 13.3. The van der Waals surface area contributed by atoms with Gasteiger partial charge in [-0.3, -0.25) is 4.79 Å². The van der Waals surface area contributed by atoms with Gasteiger partial charge in [-0.15, -0.1) is 0 Å². The van der Waals surface area contributed by atoms with E-state index in [1.807, 2.05) is 4.98 Å². The van der Waals surface area contributed by atoms with Gasteiger partial charge in [0.05, 0.1) is 6.61 Å². The Morgan fingerprint density at radius 2 is 2.16 bits per heavy atom. The molecule has 0 aliphatic rings. The van der Waals surface area contributed by atoms with E-state index in [1.165, 1.54) is 0 Å². The number of aromatic amines is 1. The van der Waals surface area contributed by atoms with Gasteiger partial charge >= 0.3 is 12.1 Å². The van der Waals surface area contributed by atoms with E-state index < -0.39 is 35.8 Å². The highest BCUT2D eigenvalue weighted by atomic mass is 19.4. The number of rotatable bonds is 5. The van der Waals surface area contributed by atoms with Crippen molar-refractivity contribution in [1.82, 2.24) is 4.98 Å². The molecule has 19 heavy (non-hydrogen) atoms. The smallest absolute Gasteiger partial charge is 0.421 e. The lowest BCUT2D eigenvalue weighted by Gasteiger charge is -2.13. The predicted octanol–water partition coefficient (Wildman–Crippen LogP) is 1.60. The molecule has 0 spiro atoms. The molecular weight excluding hydrogens is 267 g/mol. The van der Waals surface area contributed by atoms with Crippen LogP contribution in [0.25, 0.3) is 0 Å². The average Bonchev–Trinajstić information content (AvgIpc) is 2.27. The highest BCUT2D eigenvalue weighted by Crippen LogP contribution is 2.28. The van der Waals surface area contributed by atoms with Gasteiger partial charge in [0.25, 0.3) is 5.56 Å². The Balaban J connectivity index is 2.84. The second-order valence-electron chi connectivity index (χ2n) is 3.98. The number of carboxylic acid groups (broad SMARTS) is 1. The number of pyridine rings is 1. The van der Waals surface area contributed by atoms with E-state index in [0.717, 1.165) is 12.3 Å². The molecule has 1 unspecified atom stereocenters. The third kappa shape index (κ3) is 4.40. The van der Waals surface area contributed by atoms with Crippen molar-refractivity contribution in [1.29, 1.82) is 0 Å². The fourth-order valence-corrected chi connectivity index (χ4v) is 1.41. The summed E-state index contributed by atoms with van der Waals surface area (Å²) < 4.78 is 42.4. The van der Waals surface area contributed by atoms with Gasteiger partial charge in [-0.1, -0.05) is 6.92 Å². The molecule has 0 saturated carbocycles. The zero-order valence-electron chi connectivity index (χ0n) is 9.95. The molecule has 0 bridgehead atoms. The summed E-state index contributed by atoms with van der Waals surface area (Å²) in [5.41, 5.74) is -2.28. The van der Waals surface area contributed by atoms with Gasteiger partial charge in [0.15, 0.2) is 0 Å². The molecular formula is C11H12F3NO4. The Morgan fingerprint density at radius 1 is 1.53 bits per heavy atom. The molecule has 2 N–H and O–H groups in total. The van der Waals surface area contributed by atoms with E-state index in [2.05, 4.69) is 0 Å². The fourth-order valence-electron chi connectivity index (χ4n) is 1.41. The summed E-state index contributed by atoms with van der Waals surface area (Å²) in [5.74, 6) is -1.64. The first-order valence-corrected chi connectivity index (χ1v) is 5.31. The highest BCUT2D eigenvalue weighted by molar-refractivity contribution is 5.67. The largest absolute Gasteiger partial charge is 0.480 e. The number of hydrogen-bond acceptors (Lipinski definition) is 3. The minimum absolute atomic E-state index is 0.0599. The van der Waals surface area contributed by atoms with Crippen LogP contribution in [0.4, 0.5) is 13.2 Å². The average molecular weight is 279 g/mol. The lowest BCUT2D eigenvalue weighted by atomic mass is 10.0. The summed E-state index contributed by atoms with van der Waals surface area (Å²) in [4.78, 5) is 23.3. The maximum atomic E-state index is 12.5. The van der Waals surface area contributed by atoms with Crippen LogP contribution < -0.4 is 5.56 Å². The summed E-state index contributed by atoms with van der Waals surface area (Å²) in [6.45, 7) is 0.977. The third-order valence-electron chi connectivity index (χ3n) is 2.39. The van der Waals surface area contributed by atoms with E-state index in [9.17, 15) is 22.8 Å². The molecule has 1 aromatic rings. The number of carboxylic acids is 1. The van der Waals surface area contributed by atoms with Gasteiger partial charge < -0.3 is 14.8 Å². The van der Waals surface area contributed by atoms with Crippen LogP contribution in [0.5, 0.6) is 0 Å². The van der Waals surface area contributed by atoms with Crippen LogP contribution in [-0.4, -0.2) is 29.3 Å². The summed E-state index contributed by atoms with van der Waals surface area (Å²) in [5, 5.41) is 8.36. The topological polar surface area (TPSA) is 79.4 Å². The molecule has 0 saturated heterocycles. The standard InChI is InChI=1S/C11H12F3NO4/c1-6(4-19-5-9(16)17)7-2-8(11(12,13)14)10(18)15-3-7/h2-3,6H,4-5H2,1H3,(H,15,18)(H,16,17). The van der Waals surface area contributed by atoms with E-state index in [0.29, 0.717) is 0 Å². The van der Waals surface area contributed by atoms with Crippen LogP contribution in [0, 0.1) is 0 Å². The number of alkyl halides is 3. The monoisotopic (exact) mass is 279 g/mol. The van der Waals surface area contributed by atoms with E-state index in [4.69, 9.17) is 9.84 Å². The molecule has 0 amide bonds. The maximum absolute atomic E-state index is 12.5. The number of ether oxygens (including phenoxy) is 1. The summed E-state index contributed by atoms with van der Waals surface area (Å²) in [6.07, 6.45) is -3.57. The van der Waals surface area contributed by atoms with Gasteiger partial charge in [0, 0.05) is 12.1 Å². The summed E-state index contributed by atoms with van der Waals surface area (Å²) in [6, 6.07) is 0.744. The molecule has 5 nitrogen and oxygen atoms in total. The van der Waals surface area contributed by atoms with Crippen molar-refractivity contribution in [2.75, 3.05) is 13.2 Å². The first-order valence-electron chi connectivity index (χ1n) is 5.31. The van der Waals surface area contributed by atoms with Gasteiger partial charge in [-0.2, -0.15) is 13.2 Å². The Bertz CT molecular complexity index is 509. The van der Waals surface area contributed by atoms with Crippen LogP contribution >= 0.6 is 0 Å². The zero-order chi connectivity index (χ0) is 14.6. The second kappa shape index (κ2) is 5.87. The second-order valence-corrected chi connectivity index (χ2v) is 3.98. The molecule has 8 heteroatoms. The van der Waals surface area contributed by atoms with Crippen molar-refractivity contribution < 1.29 is 27.8 Å². The molecule has 1 rings (SSSR count). The van der Waals surface area contributed by atoms with Crippen LogP contribution in [0.1, 0.15) is 24.0 Å². The molecule has 0 aliphatic heterocycles. The van der Waals surface area contributed by atoms with Crippen molar-refractivity contribution in [3.63, 3.8) is 0 Å². The summed E-state index contributed by atoms with van der Waals surface area (Å²) >= 11 is 0. The Kier molecular flexibility index (Phi) is 4.71. The van der Waals surface area contributed by atoms with Crippen LogP contribution in [0.15, 0.2) is 17.1 Å². The van der Waals surface area contributed by atoms with Gasteiger partial charge in [-0.05, 0) is 11.6 Å². The molecule has 1 heterocycles. The number of nitrogens with one attached hydrogen (secondary N) is 1. The van der Waals surface area contributed by atoms with E-state index in [-0.39, 0.29) is 12.2 Å². The molecule has 0 radical (unpaired) electrons. The fraction of sp³-hybridized carbons (Fsp3) is 0.455. The lowest BCUT2D eigenvalue weighted by Crippen LogP contribution is -2.22. The molecule has 1 aromatic heterocycles. The van der Waals surface area contributed by atoms with Crippen molar-refractivity contribution in [2.45, 2.75) is 19.0 Å². The molecule has 0 aromatic carbocycles. The SMILES string of the molecule is CC(COCC(=O)O)c1c[nH]c(=O)c(C(F)(F)F)c1. The molecule has 1 atom stereocenters. The van der Waals surface area contributed by atoms with Crippen LogP contribution in [-0.2, 0) is 15.7 Å². The number of aliphatic carboxylic acids is 1. The number of H-pyrrole nitrogens is 1. The quantitative estimate of drug-likeness (QED) is 0.858. The van der Waals surface area contributed by atoms with E-state index >= 15 is 0 Å². The van der Waals surface area contributed by atoms with Crippen molar-refractivity contribution in [3.05, 3.63) is 33.7 Å². The van der Waals surface area contributed by atoms with Crippen LogP contribution in [0.2, 0.25) is 0 Å². The Hall–Kier alpha value is -1.83. The lowest BCUT2D eigenvalue weighted by molar-refractivity contribution is -0.142. The first kappa shape index (κ1) is 15.2. The minimum atomic E-state index is -4.73. The van der Waals surface area contributed by atoms with Crippen molar-refractivity contribution in [2.24, 2.45) is 0 Å². The van der Waals surface area contributed by atoms with Gasteiger partial charge in [-0.25, -0.2) is 4.79 Å². The highest BCUT2D eigenvalue weighted by Gasteiger charge is 2.34. The first-order chi connectivity index (χ1) is 8.71. The molecule has 0 fully saturated rings. The Morgan fingerprint density at radius 3 is 2.68 bits per heavy atom. The molecule has 106 valence electrons. The van der Waals surface area contributed by atoms with Crippen molar-refractivity contribution in [3.8, 4) is 0 Å². The minimum Gasteiger partial charge on any atom is -0.480 e. The van der Waals surface area contributed by atoms with Crippen molar-refractivity contribution >= 4 is 5.97 Å². The number of hydrogen-bond donors (Lipinski definition) is 2. The van der Waals surface area contributed by atoms with Gasteiger partial charge in [0.1, 0.15) is 12.2 Å². The predicted molar refractivity (Wildman–Crippen MR) is 58.9 cm³/mol. The third-order valence-corrected chi connectivity index (χ3v) is 2.39. The van der Waals surface area contributed by atoms with Gasteiger partial charge in [0.2, 0.25) is 0 Å². The van der Waals surface area contributed by atoms with E-state index in [1.54, 1.807) is 6.92 Å². The summed E-state index contributed by atoms with van der Waals surface area (Å²) in [7, 11) is 0. The van der Waals surface area contributed by atoms with Crippen LogP contribution in [0.3, 0.4) is 0 Å². The number of halogens is 3. The number of aromatic nitrogens is 1.